The molecule has 0 spiro atoms. The molecule has 0 atom stereocenters. The molecule has 0 radical (unpaired) electrons. The molecule has 2 N–H and O–H groups in total. The van der Waals surface area contributed by atoms with Gasteiger partial charge in [0.15, 0.2) is 5.69 Å². The minimum absolute atomic E-state index is 0.195. The normalized spacial score (nSPS) is 10.9. The number of hydrazone groups is 1. The van der Waals surface area contributed by atoms with E-state index < -0.39 is 0 Å². The maximum Gasteiger partial charge on any atom is 0.279 e. The quantitative estimate of drug-likeness (QED) is 0.559. The number of benzene rings is 2. The lowest BCUT2D eigenvalue weighted by Gasteiger charge is -2.01. The van der Waals surface area contributed by atoms with E-state index in [0.29, 0.717) is 0 Å². The molecule has 0 aliphatic heterocycles. The fourth-order valence-electron chi connectivity index (χ4n) is 2.18. The summed E-state index contributed by atoms with van der Waals surface area (Å²) >= 11 is 0. The van der Waals surface area contributed by atoms with E-state index in [4.69, 9.17) is 0 Å². The highest BCUT2D eigenvalue weighted by atomic mass is 16.1. The van der Waals surface area contributed by atoms with Crippen molar-refractivity contribution in [3.63, 3.8) is 0 Å². The standard InChI is InChI=1S/C18H17N5O/c1-2-13-8-10-14(11-9-13)12-19-22-18-20-17(24)16(21-23-18)15-6-4-3-5-7-15/h3-12H,2H2,1H3,(H2,20,22,23,24)/b19-12+. The molecule has 0 amide bonds. The largest absolute Gasteiger partial charge is 0.288 e. The maximum absolute atomic E-state index is 12.1. The van der Waals surface area contributed by atoms with Crippen molar-refractivity contribution in [1.29, 1.82) is 0 Å². The molecule has 1 heterocycles. The van der Waals surface area contributed by atoms with Crippen molar-refractivity contribution in [1.82, 2.24) is 15.2 Å². The second kappa shape index (κ2) is 7.32. The predicted octanol–water partition coefficient (Wildman–Crippen LogP) is 2.84. The Morgan fingerprint density at radius 2 is 1.83 bits per heavy atom. The van der Waals surface area contributed by atoms with Crippen LogP contribution in [0.5, 0.6) is 0 Å². The molecular formula is C18H17N5O. The molecule has 0 saturated heterocycles. The second-order valence-electron chi connectivity index (χ2n) is 5.18. The lowest BCUT2D eigenvalue weighted by atomic mass is 10.1. The summed E-state index contributed by atoms with van der Waals surface area (Å²) in [5.74, 6) is 0.195. The molecule has 120 valence electrons. The molecule has 6 nitrogen and oxygen atoms in total. The number of aromatic nitrogens is 3. The van der Waals surface area contributed by atoms with Gasteiger partial charge in [-0.05, 0) is 17.5 Å². The molecule has 0 fully saturated rings. The highest BCUT2D eigenvalue weighted by Gasteiger charge is 2.06. The van der Waals surface area contributed by atoms with Crippen LogP contribution >= 0.6 is 0 Å². The summed E-state index contributed by atoms with van der Waals surface area (Å²) in [7, 11) is 0. The summed E-state index contributed by atoms with van der Waals surface area (Å²) in [6.45, 7) is 2.11. The maximum atomic E-state index is 12.1. The monoisotopic (exact) mass is 319 g/mol. The van der Waals surface area contributed by atoms with Crippen LogP contribution in [0.25, 0.3) is 11.3 Å². The van der Waals surface area contributed by atoms with E-state index in [1.807, 2.05) is 42.5 Å². The zero-order chi connectivity index (χ0) is 16.8. The number of H-pyrrole nitrogens is 1. The van der Waals surface area contributed by atoms with Gasteiger partial charge in [0, 0.05) is 5.56 Å². The van der Waals surface area contributed by atoms with E-state index in [1.165, 1.54) is 5.56 Å². The van der Waals surface area contributed by atoms with Gasteiger partial charge in [-0.25, -0.2) is 5.43 Å². The van der Waals surface area contributed by atoms with E-state index in [0.717, 1.165) is 17.5 Å². The lowest BCUT2D eigenvalue weighted by Crippen LogP contribution is -2.15. The summed E-state index contributed by atoms with van der Waals surface area (Å²) in [6, 6.07) is 17.3. The van der Waals surface area contributed by atoms with Crippen molar-refractivity contribution in [3.8, 4) is 11.3 Å². The van der Waals surface area contributed by atoms with E-state index in [9.17, 15) is 4.79 Å². The van der Waals surface area contributed by atoms with Gasteiger partial charge >= 0.3 is 0 Å². The van der Waals surface area contributed by atoms with Gasteiger partial charge in [0.05, 0.1) is 6.21 Å². The molecule has 0 bridgehead atoms. The van der Waals surface area contributed by atoms with Gasteiger partial charge in [0.25, 0.3) is 5.56 Å². The van der Waals surface area contributed by atoms with Gasteiger partial charge in [-0.2, -0.15) is 5.10 Å². The first kappa shape index (κ1) is 15.6. The smallest absolute Gasteiger partial charge is 0.279 e. The Morgan fingerprint density at radius 1 is 1.08 bits per heavy atom. The molecule has 0 aliphatic carbocycles. The second-order valence-corrected chi connectivity index (χ2v) is 5.18. The van der Waals surface area contributed by atoms with Crippen molar-refractivity contribution in [3.05, 3.63) is 76.1 Å². The van der Waals surface area contributed by atoms with Crippen LogP contribution in [-0.2, 0) is 6.42 Å². The fraction of sp³-hybridized carbons (Fsp3) is 0.111. The molecule has 0 unspecified atom stereocenters. The van der Waals surface area contributed by atoms with Crippen LogP contribution in [0.1, 0.15) is 18.1 Å². The van der Waals surface area contributed by atoms with Crippen molar-refractivity contribution in [2.45, 2.75) is 13.3 Å². The molecule has 3 aromatic rings. The number of hydrogen-bond donors (Lipinski definition) is 2. The average molecular weight is 319 g/mol. The van der Waals surface area contributed by atoms with E-state index in [2.05, 4.69) is 44.8 Å². The van der Waals surface area contributed by atoms with Crippen LogP contribution in [0.2, 0.25) is 0 Å². The molecule has 1 aromatic heterocycles. The summed E-state index contributed by atoms with van der Waals surface area (Å²) < 4.78 is 0. The van der Waals surface area contributed by atoms with Gasteiger partial charge in [0.1, 0.15) is 0 Å². The number of anilines is 1. The third-order valence-corrected chi connectivity index (χ3v) is 3.52. The molecule has 0 saturated carbocycles. The SMILES string of the molecule is CCc1ccc(/C=N/Nc2nnc(-c3ccccc3)c(=O)[nH]2)cc1. The summed E-state index contributed by atoms with van der Waals surface area (Å²) in [4.78, 5) is 14.7. The van der Waals surface area contributed by atoms with Gasteiger partial charge in [-0.1, -0.05) is 61.5 Å². The Kier molecular flexibility index (Phi) is 4.76. The van der Waals surface area contributed by atoms with Crippen LogP contribution in [0.3, 0.4) is 0 Å². The molecular weight excluding hydrogens is 302 g/mol. The zero-order valence-corrected chi connectivity index (χ0v) is 13.2. The van der Waals surface area contributed by atoms with Crippen molar-refractivity contribution >= 4 is 12.2 Å². The number of nitrogens with one attached hydrogen (secondary N) is 2. The first-order valence-electron chi connectivity index (χ1n) is 7.66. The molecule has 2 aromatic carbocycles. The van der Waals surface area contributed by atoms with Crippen molar-refractivity contribution in [2.75, 3.05) is 5.43 Å². The predicted molar refractivity (Wildman–Crippen MR) is 95.1 cm³/mol. The fourth-order valence-corrected chi connectivity index (χ4v) is 2.18. The van der Waals surface area contributed by atoms with Crippen molar-refractivity contribution < 1.29 is 0 Å². The minimum Gasteiger partial charge on any atom is -0.288 e. The number of nitrogens with zero attached hydrogens (tertiary/aromatic N) is 3. The molecule has 24 heavy (non-hydrogen) atoms. The van der Waals surface area contributed by atoms with Gasteiger partial charge in [0.2, 0.25) is 5.95 Å². The van der Waals surface area contributed by atoms with Crippen LogP contribution in [0.15, 0.2) is 64.5 Å². The van der Waals surface area contributed by atoms with Crippen molar-refractivity contribution in [2.24, 2.45) is 5.10 Å². The first-order chi connectivity index (χ1) is 11.8. The van der Waals surface area contributed by atoms with Gasteiger partial charge in [-0.15, -0.1) is 10.2 Å². The van der Waals surface area contributed by atoms with Crippen LogP contribution in [0.4, 0.5) is 5.95 Å². The summed E-state index contributed by atoms with van der Waals surface area (Å²) in [5, 5.41) is 12.0. The summed E-state index contributed by atoms with van der Waals surface area (Å²) in [5.41, 5.74) is 5.59. The number of aryl methyl sites for hydroxylation is 1. The lowest BCUT2D eigenvalue weighted by molar-refractivity contribution is 0.947. The third kappa shape index (κ3) is 3.73. The third-order valence-electron chi connectivity index (χ3n) is 3.52. The van der Waals surface area contributed by atoms with E-state index in [1.54, 1.807) is 6.21 Å². The van der Waals surface area contributed by atoms with Crippen LogP contribution < -0.4 is 11.0 Å². The van der Waals surface area contributed by atoms with E-state index in [-0.39, 0.29) is 17.2 Å². The van der Waals surface area contributed by atoms with Gasteiger partial charge < -0.3 is 0 Å². The van der Waals surface area contributed by atoms with E-state index >= 15 is 0 Å². The Balaban J connectivity index is 1.70. The number of aromatic amines is 1. The highest BCUT2D eigenvalue weighted by Crippen LogP contribution is 2.10. The Morgan fingerprint density at radius 3 is 2.50 bits per heavy atom. The van der Waals surface area contributed by atoms with Crippen LogP contribution in [0, 0.1) is 0 Å². The molecule has 3 rings (SSSR count). The Hall–Kier alpha value is -3.28. The Labute approximate surface area is 139 Å². The number of rotatable bonds is 5. The minimum atomic E-state index is -0.318. The first-order valence-corrected chi connectivity index (χ1v) is 7.66. The van der Waals surface area contributed by atoms with Gasteiger partial charge in [-0.3, -0.25) is 9.78 Å². The van der Waals surface area contributed by atoms with Crippen LogP contribution in [-0.4, -0.2) is 21.4 Å². The molecule has 6 heteroatoms. The average Bonchev–Trinajstić information content (AvgIpc) is 2.63. The number of hydrogen-bond acceptors (Lipinski definition) is 5. The topological polar surface area (TPSA) is 83.0 Å². The Bertz CT molecular complexity index is 885. The zero-order valence-electron chi connectivity index (χ0n) is 13.2. The molecule has 0 aliphatic rings. The summed E-state index contributed by atoms with van der Waals surface area (Å²) in [6.07, 6.45) is 2.66. The highest BCUT2D eigenvalue weighted by molar-refractivity contribution is 5.80.